The molecule has 2 nitrogen and oxygen atoms in total. The predicted octanol–water partition coefficient (Wildman–Crippen LogP) is 3.75. The summed E-state index contributed by atoms with van der Waals surface area (Å²) in [5.41, 5.74) is 0. The van der Waals surface area contributed by atoms with Crippen LogP contribution in [-0.2, 0) is 4.74 Å². The van der Waals surface area contributed by atoms with Gasteiger partial charge in [-0.1, -0.05) is 39.5 Å². The number of ether oxygens (including phenoxy) is 1. The van der Waals surface area contributed by atoms with Crippen molar-refractivity contribution in [2.45, 2.75) is 71.3 Å². The van der Waals surface area contributed by atoms with Crippen LogP contribution in [0.3, 0.4) is 0 Å². The first-order valence-corrected chi connectivity index (χ1v) is 7.69. The summed E-state index contributed by atoms with van der Waals surface area (Å²) in [5.74, 6) is 0.901. The monoisotopic (exact) mass is 241 g/mol. The molecule has 1 aliphatic rings. The van der Waals surface area contributed by atoms with Gasteiger partial charge in [-0.2, -0.15) is 0 Å². The quantitative estimate of drug-likeness (QED) is 0.621. The Morgan fingerprint density at radius 1 is 1.12 bits per heavy atom. The Kier molecular flexibility index (Phi) is 8.72. The molecule has 0 saturated heterocycles. The van der Waals surface area contributed by atoms with Crippen LogP contribution >= 0.6 is 0 Å². The zero-order chi connectivity index (χ0) is 12.3. The summed E-state index contributed by atoms with van der Waals surface area (Å²) in [6.45, 7) is 7.41. The molecule has 0 heterocycles. The zero-order valence-electron chi connectivity index (χ0n) is 11.8. The van der Waals surface area contributed by atoms with Gasteiger partial charge < -0.3 is 10.1 Å². The van der Waals surface area contributed by atoms with Crippen molar-refractivity contribution >= 4 is 0 Å². The van der Waals surface area contributed by atoms with Gasteiger partial charge in [0, 0.05) is 19.3 Å². The van der Waals surface area contributed by atoms with E-state index in [-0.39, 0.29) is 0 Å². The van der Waals surface area contributed by atoms with Crippen LogP contribution in [0.4, 0.5) is 0 Å². The summed E-state index contributed by atoms with van der Waals surface area (Å²) >= 11 is 0. The molecule has 0 aromatic carbocycles. The molecule has 0 amide bonds. The maximum Gasteiger partial charge on any atom is 0.0480 e. The topological polar surface area (TPSA) is 21.3 Å². The van der Waals surface area contributed by atoms with E-state index in [4.69, 9.17) is 4.74 Å². The average Bonchev–Trinajstić information content (AvgIpc) is 2.38. The van der Waals surface area contributed by atoms with E-state index in [1.807, 2.05) is 0 Å². The van der Waals surface area contributed by atoms with Crippen LogP contribution in [0.5, 0.6) is 0 Å². The standard InChI is InChI=1S/C15H31NO/c1-3-5-12-17-13-11-15(16-4-2)14-9-7-6-8-10-14/h14-16H,3-13H2,1-2H3. The highest BCUT2D eigenvalue weighted by Gasteiger charge is 2.22. The molecule has 0 aliphatic heterocycles. The van der Waals surface area contributed by atoms with E-state index in [1.54, 1.807) is 0 Å². The van der Waals surface area contributed by atoms with Crippen LogP contribution in [0.2, 0.25) is 0 Å². The lowest BCUT2D eigenvalue weighted by molar-refractivity contribution is 0.110. The van der Waals surface area contributed by atoms with Crippen LogP contribution in [0.1, 0.15) is 65.2 Å². The molecule has 0 aromatic rings. The third-order valence-electron chi connectivity index (χ3n) is 3.90. The maximum atomic E-state index is 5.70. The predicted molar refractivity (Wildman–Crippen MR) is 74.4 cm³/mol. The number of hydrogen-bond acceptors (Lipinski definition) is 2. The van der Waals surface area contributed by atoms with Crippen molar-refractivity contribution in [3.05, 3.63) is 0 Å². The molecule has 1 fully saturated rings. The highest BCUT2D eigenvalue weighted by molar-refractivity contribution is 4.78. The van der Waals surface area contributed by atoms with Gasteiger partial charge >= 0.3 is 0 Å². The molecule has 0 spiro atoms. The van der Waals surface area contributed by atoms with E-state index in [2.05, 4.69) is 19.2 Å². The van der Waals surface area contributed by atoms with Crippen molar-refractivity contribution in [1.29, 1.82) is 0 Å². The molecule has 1 aliphatic carbocycles. The second-order valence-corrected chi connectivity index (χ2v) is 5.32. The Bertz CT molecular complexity index is 166. The first-order chi connectivity index (χ1) is 8.38. The van der Waals surface area contributed by atoms with Crippen molar-refractivity contribution in [2.75, 3.05) is 19.8 Å². The number of hydrogen-bond donors (Lipinski definition) is 1. The number of nitrogens with one attached hydrogen (secondary N) is 1. The van der Waals surface area contributed by atoms with Crippen LogP contribution in [-0.4, -0.2) is 25.8 Å². The second-order valence-electron chi connectivity index (χ2n) is 5.32. The van der Waals surface area contributed by atoms with E-state index in [0.29, 0.717) is 6.04 Å². The van der Waals surface area contributed by atoms with Crippen molar-refractivity contribution < 1.29 is 4.74 Å². The highest BCUT2D eigenvalue weighted by atomic mass is 16.5. The van der Waals surface area contributed by atoms with Crippen LogP contribution in [0.25, 0.3) is 0 Å². The molecule has 0 radical (unpaired) electrons. The largest absolute Gasteiger partial charge is 0.381 e. The van der Waals surface area contributed by atoms with Gasteiger partial charge in [-0.25, -0.2) is 0 Å². The second kappa shape index (κ2) is 9.90. The summed E-state index contributed by atoms with van der Waals surface area (Å²) in [6.07, 6.45) is 10.8. The van der Waals surface area contributed by atoms with Crippen molar-refractivity contribution in [3.63, 3.8) is 0 Å². The minimum absolute atomic E-state index is 0.696. The molecule has 17 heavy (non-hydrogen) atoms. The van der Waals surface area contributed by atoms with Crippen LogP contribution in [0, 0.1) is 5.92 Å². The van der Waals surface area contributed by atoms with Gasteiger partial charge in [0.1, 0.15) is 0 Å². The SMILES string of the molecule is CCCCOCCC(NCC)C1CCCCC1. The Morgan fingerprint density at radius 2 is 1.88 bits per heavy atom. The maximum absolute atomic E-state index is 5.70. The molecular formula is C15H31NO. The van der Waals surface area contributed by atoms with Gasteiger partial charge in [0.25, 0.3) is 0 Å². The molecule has 1 atom stereocenters. The fourth-order valence-electron chi connectivity index (χ4n) is 2.86. The minimum Gasteiger partial charge on any atom is -0.381 e. The number of rotatable bonds is 9. The average molecular weight is 241 g/mol. The van der Waals surface area contributed by atoms with Gasteiger partial charge in [-0.3, -0.25) is 0 Å². The summed E-state index contributed by atoms with van der Waals surface area (Å²) in [6, 6.07) is 0.696. The molecule has 102 valence electrons. The minimum atomic E-state index is 0.696. The van der Waals surface area contributed by atoms with Crippen molar-refractivity contribution in [2.24, 2.45) is 5.92 Å². The Balaban J connectivity index is 2.17. The Hall–Kier alpha value is -0.0800. The molecule has 0 bridgehead atoms. The molecular weight excluding hydrogens is 210 g/mol. The lowest BCUT2D eigenvalue weighted by Gasteiger charge is -2.30. The Morgan fingerprint density at radius 3 is 2.53 bits per heavy atom. The summed E-state index contributed by atoms with van der Waals surface area (Å²) in [7, 11) is 0. The van der Waals surface area contributed by atoms with E-state index in [1.165, 1.54) is 51.4 Å². The van der Waals surface area contributed by atoms with Gasteiger partial charge in [0.05, 0.1) is 0 Å². The fourth-order valence-corrected chi connectivity index (χ4v) is 2.86. The summed E-state index contributed by atoms with van der Waals surface area (Å²) in [4.78, 5) is 0. The van der Waals surface area contributed by atoms with Crippen LogP contribution in [0.15, 0.2) is 0 Å². The van der Waals surface area contributed by atoms with Crippen molar-refractivity contribution in [1.82, 2.24) is 5.32 Å². The van der Waals surface area contributed by atoms with E-state index in [9.17, 15) is 0 Å². The fraction of sp³-hybridized carbons (Fsp3) is 1.00. The third-order valence-corrected chi connectivity index (χ3v) is 3.90. The Labute approximate surface area is 108 Å². The van der Waals surface area contributed by atoms with Crippen LogP contribution < -0.4 is 5.32 Å². The van der Waals surface area contributed by atoms with E-state index in [0.717, 1.165) is 25.7 Å². The molecule has 1 unspecified atom stereocenters. The molecule has 1 N–H and O–H groups in total. The van der Waals surface area contributed by atoms with Crippen molar-refractivity contribution in [3.8, 4) is 0 Å². The number of unbranched alkanes of at least 4 members (excludes halogenated alkanes) is 1. The van der Waals surface area contributed by atoms with Gasteiger partial charge in [-0.05, 0) is 38.1 Å². The smallest absolute Gasteiger partial charge is 0.0480 e. The molecule has 1 saturated carbocycles. The zero-order valence-corrected chi connectivity index (χ0v) is 11.8. The third kappa shape index (κ3) is 6.42. The highest BCUT2D eigenvalue weighted by Crippen LogP contribution is 2.27. The summed E-state index contributed by atoms with van der Waals surface area (Å²) < 4.78 is 5.70. The normalized spacial score (nSPS) is 19.4. The lowest BCUT2D eigenvalue weighted by atomic mass is 9.83. The molecule has 1 rings (SSSR count). The van der Waals surface area contributed by atoms with Gasteiger partial charge in [0.2, 0.25) is 0 Å². The summed E-state index contributed by atoms with van der Waals surface area (Å²) in [5, 5.41) is 3.66. The van der Waals surface area contributed by atoms with Gasteiger partial charge in [-0.15, -0.1) is 0 Å². The molecule has 0 aromatic heterocycles. The lowest BCUT2D eigenvalue weighted by Crippen LogP contribution is -2.38. The first kappa shape index (κ1) is 15.0. The molecule has 2 heteroatoms. The first-order valence-electron chi connectivity index (χ1n) is 7.69. The van der Waals surface area contributed by atoms with E-state index < -0.39 is 0 Å². The van der Waals surface area contributed by atoms with Gasteiger partial charge in [0.15, 0.2) is 0 Å². The van der Waals surface area contributed by atoms with E-state index >= 15 is 0 Å².